The first-order valence-electron chi connectivity index (χ1n) is 5.49. The smallest absolute Gasteiger partial charge is 0.277 e. The van der Waals surface area contributed by atoms with Crippen LogP contribution in [-0.2, 0) is 0 Å². The highest BCUT2D eigenvalue weighted by atomic mass is 35.5. The molecule has 0 saturated heterocycles. The topological polar surface area (TPSA) is 107 Å². The van der Waals surface area contributed by atoms with Crippen LogP contribution in [0.4, 0.5) is 14.5 Å². The molecular weight excluding hydrogens is 312 g/mol. The van der Waals surface area contributed by atoms with Gasteiger partial charge in [0.05, 0.1) is 30.7 Å². The van der Waals surface area contributed by atoms with Gasteiger partial charge in [0.1, 0.15) is 5.75 Å². The van der Waals surface area contributed by atoms with E-state index in [-0.39, 0.29) is 29.4 Å². The molecule has 1 aromatic carbocycles. The van der Waals surface area contributed by atoms with Gasteiger partial charge >= 0.3 is 0 Å². The third kappa shape index (κ3) is 5.12. The molecule has 118 valence electrons. The fourth-order valence-electron chi connectivity index (χ4n) is 1.36. The lowest BCUT2D eigenvalue weighted by Crippen LogP contribution is -2.41. The number of hydrogen-bond acceptors (Lipinski definition) is 5. The molecule has 10 heteroatoms. The Balaban J connectivity index is 0.00000400. The monoisotopic (exact) mass is 325 g/mol. The molecule has 0 bridgehead atoms. The fourth-order valence-corrected chi connectivity index (χ4v) is 1.36. The molecule has 0 saturated carbocycles. The van der Waals surface area contributed by atoms with Crippen LogP contribution >= 0.6 is 12.4 Å². The van der Waals surface area contributed by atoms with E-state index in [1.54, 1.807) is 0 Å². The molecule has 0 aliphatic heterocycles. The maximum atomic E-state index is 12.9. The van der Waals surface area contributed by atoms with Crippen molar-refractivity contribution in [3.8, 4) is 5.75 Å². The molecule has 0 atom stereocenters. The molecular formula is C11H14ClF2N3O4. The van der Waals surface area contributed by atoms with E-state index in [1.165, 1.54) is 13.2 Å². The summed E-state index contributed by atoms with van der Waals surface area (Å²) < 4.78 is 30.7. The van der Waals surface area contributed by atoms with E-state index in [2.05, 4.69) is 0 Å². The minimum atomic E-state index is -3.25. The Kier molecular flexibility index (Phi) is 6.96. The summed E-state index contributed by atoms with van der Waals surface area (Å²) in [5.74, 6) is -4.10. The zero-order valence-corrected chi connectivity index (χ0v) is 11.8. The highest BCUT2D eigenvalue weighted by Gasteiger charge is 2.28. The predicted molar refractivity (Wildman–Crippen MR) is 73.2 cm³/mol. The quantitative estimate of drug-likeness (QED) is 0.606. The summed E-state index contributed by atoms with van der Waals surface area (Å²) in [6.07, 6.45) is 0. The van der Waals surface area contributed by atoms with Crippen LogP contribution in [0, 0.1) is 10.1 Å². The fraction of sp³-hybridized carbons (Fsp3) is 0.364. The Hall–Kier alpha value is -2.00. The Morgan fingerprint density at radius 2 is 2.14 bits per heavy atom. The minimum absolute atomic E-state index is 0. The molecule has 0 aromatic heterocycles. The van der Waals surface area contributed by atoms with Crippen LogP contribution in [0.1, 0.15) is 10.4 Å². The summed E-state index contributed by atoms with van der Waals surface area (Å²) in [4.78, 5) is 21.7. The van der Waals surface area contributed by atoms with Crippen LogP contribution in [0.3, 0.4) is 0 Å². The van der Waals surface area contributed by atoms with Gasteiger partial charge in [-0.05, 0) is 6.07 Å². The Morgan fingerprint density at radius 3 is 2.62 bits per heavy atom. The summed E-state index contributed by atoms with van der Waals surface area (Å²) in [5.41, 5.74) is 4.29. The molecule has 1 amide bonds. The van der Waals surface area contributed by atoms with Crippen LogP contribution in [0.2, 0.25) is 0 Å². The van der Waals surface area contributed by atoms with E-state index >= 15 is 0 Å². The largest absolute Gasteiger partial charge is 0.496 e. The number of nitrogens with zero attached hydrogens (tertiary/aromatic N) is 1. The zero-order chi connectivity index (χ0) is 15.3. The van der Waals surface area contributed by atoms with Crippen molar-refractivity contribution in [1.82, 2.24) is 5.32 Å². The van der Waals surface area contributed by atoms with Gasteiger partial charge in [-0.2, -0.15) is 0 Å². The molecule has 0 fully saturated rings. The number of non-ortho nitro benzene ring substituents is 1. The van der Waals surface area contributed by atoms with Crippen molar-refractivity contribution in [3.63, 3.8) is 0 Å². The van der Waals surface area contributed by atoms with E-state index in [9.17, 15) is 23.7 Å². The van der Waals surface area contributed by atoms with Gasteiger partial charge in [0.15, 0.2) is 0 Å². The van der Waals surface area contributed by atoms with Crippen molar-refractivity contribution in [3.05, 3.63) is 33.9 Å². The van der Waals surface area contributed by atoms with E-state index in [1.807, 2.05) is 5.32 Å². The number of ether oxygens (including phenoxy) is 1. The summed E-state index contributed by atoms with van der Waals surface area (Å²) >= 11 is 0. The van der Waals surface area contributed by atoms with Gasteiger partial charge in [0.2, 0.25) is 0 Å². The second-order valence-corrected chi connectivity index (χ2v) is 3.88. The number of nitrogens with two attached hydrogens (primary N) is 1. The van der Waals surface area contributed by atoms with Crippen LogP contribution in [0.15, 0.2) is 18.2 Å². The highest BCUT2D eigenvalue weighted by Crippen LogP contribution is 2.24. The number of nitrogens with one attached hydrogen (secondary N) is 1. The van der Waals surface area contributed by atoms with Crippen molar-refractivity contribution in [1.29, 1.82) is 0 Å². The van der Waals surface area contributed by atoms with Crippen molar-refractivity contribution in [2.24, 2.45) is 5.73 Å². The summed E-state index contributed by atoms with van der Waals surface area (Å²) in [6, 6.07) is 3.31. The number of carbonyl (C=O) groups is 1. The Morgan fingerprint density at radius 1 is 1.52 bits per heavy atom. The number of benzene rings is 1. The number of alkyl halides is 2. The van der Waals surface area contributed by atoms with Gasteiger partial charge in [-0.15, -0.1) is 12.4 Å². The predicted octanol–water partition coefficient (Wildman–Crippen LogP) is 1.35. The lowest BCUT2D eigenvalue weighted by Gasteiger charge is -2.15. The van der Waals surface area contributed by atoms with Gasteiger partial charge in [-0.3, -0.25) is 14.9 Å². The lowest BCUT2D eigenvalue weighted by atomic mass is 10.1. The molecule has 21 heavy (non-hydrogen) atoms. The number of nitro benzene ring substituents is 1. The lowest BCUT2D eigenvalue weighted by molar-refractivity contribution is -0.384. The molecule has 0 aliphatic rings. The van der Waals surface area contributed by atoms with Gasteiger partial charge < -0.3 is 15.8 Å². The Labute approximate surface area is 125 Å². The van der Waals surface area contributed by atoms with Gasteiger partial charge in [0, 0.05) is 12.1 Å². The second-order valence-electron chi connectivity index (χ2n) is 3.88. The maximum absolute atomic E-state index is 12.9. The average Bonchev–Trinajstić information content (AvgIpc) is 2.44. The van der Waals surface area contributed by atoms with Crippen molar-refractivity contribution < 1.29 is 23.2 Å². The number of hydrogen-bond donors (Lipinski definition) is 2. The van der Waals surface area contributed by atoms with Gasteiger partial charge in [-0.1, -0.05) is 0 Å². The molecule has 1 rings (SSSR count). The van der Waals surface area contributed by atoms with E-state index < -0.39 is 29.8 Å². The molecule has 3 N–H and O–H groups in total. The average molecular weight is 326 g/mol. The summed E-state index contributed by atoms with van der Waals surface area (Å²) in [6.45, 7) is -1.88. The first kappa shape index (κ1) is 19.0. The van der Waals surface area contributed by atoms with Gasteiger partial charge in [0.25, 0.3) is 17.5 Å². The standard InChI is InChI=1S/C11H13F2N3O4.ClH/c1-20-9-3-2-7(16(18)19)4-8(9)10(17)15-6-11(12,13)5-14;/h2-4H,5-6,14H2,1H3,(H,15,17);1H. The third-order valence-corrected chi connectivity index (χ3v) is 2.44. The highest BCUT2D eigenvalue weighted by molar-refractivity contribution is 5.97. The molecule has 1 aromatic rings. The normalized spacial score (nSPS) is 10.5. The minimum Gasteiger partial charge on any atom is -0.496 e. The van der Waals surface area contributed by atoms with E-state index in [0.717, 1.165) is 12.1 Å². The molecule has 7 nitrogen and oxygen atoms in total. The number of amides is 1. The number of halogens is 3. The molecule has 0 spiro atoms. The first-order chi connectivity index (χ1) is 9.30. The number of methoxy groups -OCH3 is 1. The zero-order valence-electron chi connectivity index (χ0n) is 11.0. The summed E-state index contributed by atoms with van der Waals surface area (Å²) in [7, 11) is 1.26. The van der Waals surface area contributed by atoms with Crippen LogP contribution in [0.25, 0.3) is 0 Å². The maximum Gasteiger partial charge on any atom is 0.277 e. The third-order valence-electron chi connectivity index (χ3n) is 2.44. The van der Waals surface area contributed by atoms with Crippen molar-refractivity contribution in [2.75, 3.05) is 20.2 Å². The SMILES string of the molecule is COc1ccc([N+](=O)[O-])cc1C(=O)NCC(F)(F)CN.Cl. The second kappa shape index (κ2) is 7.70. The van der Waals surface area contributed by atoms with Crippen molar-refractivity contribution >= 4 is 24.0 Å². The van der Waals surface area contributed by atoms with Crippen LogP contribution in [0.5, 0.6) is 5.75 Å². The number of carbonyl (C=O) groups excluding carboxylic acids is 1. The van der Waals surface area contributed by atoms with E-state index in [4.69, 9.17) is 10.5 Å². The number of nitro groups is 1. The Bertz CT molecular complexity index is 528. The molecule has 0 heterocycles. The number of rotatable bonds is 6. The van der Waals surface area contributed by atoms with E-state index in [0.29, 0.717) is 0 Å². The first-order valence-corrected chi connectivity index (χ1v) is 5.49. The molecule has 0 radical (unpaired) electrons. The van der Waals surface area contributed by atoms with Crippen LogP contribution < -0.4 is 15.8 Å². The molecule has 0 unspecified atom stereocenters. The van der Waals surface area contributed by atoms with Gasteiger partial charge in [-0.25, -0.2) is 8.78 Å². The van der Waals surface area contributed by atoms with Crippen LogP contribution in [-0.4, -0.2) is 37.0 Å². The van der Waals surface area contributed by atoms with Crippen molar-refractivity contribution in [2.45, 2.75) is 5.92 Å². The summed E-state index contributed by atoms with van der Waals surface area (Å²) in [5, 5.41) is 12.6. The molecule has 0 aliphatic carbocycles.